The van der Waals surface area contributed by atoms with E-state index in [1.165, 1.54) is 0 Å². The molecule has 0 bridgehead atoms. The molecule has 3 aromatic rings. The van der Waals surface area contributed by atoms with Crippen molar-refractivity contribution >= 4 is 10.9 Å². The number of rotatable bonds is 5. The minimum Gasteiger partial charge on any atom is -0.497 e. The minimum absolute atomic E-state index is 0.453. The number of hydrogen-bond acceptors (Lipinski definition) is 6. The smallest absolute Gasteiger partial charge is 0.118 e. The van der Waals surface area contributed by atoms with Gasteiger partial charge in [-0.1, -0.05) is 30.3 Å². The third-order valence-electron chi connectivity index (χ3n) is 5.96. The van der Waals surface area contributed by atoms with E-state index >= 15 is 0 Å². The van der Waals surface area contributed by atoms with Crippen molar-refractivity contribution in [1.82, 2.24) is 4.57 Å². The Balaban J connectivity index is 1.78. The van der Waals surface area contributed by atoms with Crippen molar-refractivity contribution in [2.45, 2.75) is 44.0 Å². The van der Waals surface area contributed by atoms with E-state index in [-0.39, 0.29) is 0 Å². The van der Waals surface area contributed by atoms with Crippen LogP contribution >= 0.6 is 0 Å². The summed E-state index contributed by atoms with van der Waals surface area (Å²) in [5.74, 6) is 0.787. The van der Waals surface area contributed by atoms with Crippen LogP contribution in [0.15, 0.2) is 48.5 Å². The Labute approximate surface area is 174 Å². The number of para-hydroxylation sites is 1. The fourth-order valence-corrected chi connectivity index (χ4v) is 4.27. The highest BCUT2D eigenvalue weighted by atomic mass is 16.5. The largest absolute Gasteiger partial charge is 0.497 e. The summed E-state index contributed by atoms with van der Waals surface area (Å²) in [7, 11) is 1.63. The van der Waals surface area contributed by atoms with E-state index in [0.717, 1.165) is 33.5 Å². The van der Waals surface area contributed by atoms with E-state index in [4.69, 9.17) is 9.47 Å². The van der Waals surface area contributed by atoms with Crippen LogP contribution in [0.3, 0.4) is 0 Å². The van der Waals surface area contributed by atoms with E-state index in [2.05, 4.69) is 4.57 Å². The normalized spacial score (nSPS) is 26.8. The van der Waals surface area contributed by atoms with E-state index < -0.39 is 37.1 Å². The van der Waals surface area contributed by atoms with Gasteiger partial charge in [0.25, 0.3) is 0 Å². The lowest BCUT2D eigenvalue weighted by Crippen LogP contribution is -2.55. The number of aromatic nitrogens is 1. The molecule has 0 spiro atoms. The predicted molar refractivity (Wildman–Crippen MR) is 111 cm³/mol. The Kier molecular flexibility index (Phi) is 5.81. The molecule has 0 unspecified atom stereocenters. The van der Waals surface area contributed by atoms with E-state index in [0.29, 0.717) is 6.54 Å². The Morgan fingerprint density at radius 1 is 0.967 bits per heavy atom. The highest BCUT2D eigenvalue weighted by Gasteiger charge is 2.45. The molecule has 0 amide bonds. The van der Waals surface area contributed by atoms with Crippen LogP contribution in [-0.2, 0) is 11.3 Å². The maximum absolute atomic E-state index is 10.7. The van der Waals surface area contributed by atoms with Gasteiger partial charge >= 0.3 is 0 Å². The van der Waals surface area contributed by atoms with Crippen LogP contribution < -0.4 is 4.74 Å². The third kappa shape index (κ3) is 3.49. The summed E-state index contributed by atoms with van der Waals surface area (Å²) < 4.78 is 13.2. The molecule has 2 aromatic carbocycles. The van der Waals surface area contributed by atoms with Crippen molar-refractivity contribution in [1.29, 1.82) is 0 Å². The first-order valence-electron chi connectivity index (χ1n) is 9.97. The van der Waals surface area contributed by atoms with Gasteiger partial charge in [0.05, 0.1) is 13.7 Å². The Morgan fingerprint density at radius 2 is 1.67 bits per heavy atom. The van der Waals surface area contributed by atoms with Gasteiger partial charge in [0.1, 0.15) is 36.3 Å². The maximum Gasteiger partial charge on any atom is 0.118 e. The lowest BCUT2D eigenvalue weighted by molar-refractivity contribution is -0.231. The van der Waals surface area contributed by atoms with Gasteiger partial charge in [-0.25, -0.2) is 0 Å². The number of nitrogens with zero attached hydrogens (tertiary/aromatic N) is 1. The zero-order valence-electron chi connectivity index (χ0n) is 17.0. The lowest BCUT2D eigenvalue weighted by atomic mass is 9.90. The summed E-state index contributed by atoms with van der Waals surface area (Å²) >= 11 is 0. The molecule has 160 valence electrons. The van der Waals surface area contributed by atoms with Crippen LogP contribution in [0.25, 0.3) is 10.9 Å². The molecule has 2 heterocycles. The van der Waals surface area contributed by atoms with Crippen LogP contribution in [0.4, 0.5) is 0 Å². The summed E-state index contributed by atoms with van der Waals surface area (Å²) in [6.45, 7) is 2.10. The molecule has 0 radical (unpaired) electrons. The first kappa shape index (κ1) is 20.8. The topological polar surface area (TPSA) is 104 Å². The van der Waals surface area contributed by atoms with Crippen molar-refractivity contribution < 1.29 is 29.9 Å². The first-order valence-corrected chi connectivity index (χ1v) is 9.97. The van der Waals surface area contributed by atoms with Crippen LogP contribution in [0, 0.1) is 6.92 Å². The Hall–Kier alpha value is -2.42. The molecule has 1 aliphatic rings. The number of fused-ring (bicyclic) bond motifs is 1. The van der Waals surface area contributed by atoms with E-state index in [1.807, 2.05) is 55.5 Å². The van der Waals surface area contributed by atoms with Crippen molar-refractivity contribution in [2.75, 3.05) is 13.7 Å². The van der Waals surface area contributed by atoms with Gasteiger partial charge < -0.3 is 34.5 Å². The van der Waals surface area contributed by atoms with Gasteiger partial charge in [-0.2, -0.15) is 0 Å². The zero-order chi connectivity index (χ0) is 21.4. The van der Waals surface area contributed by atoms with Crippen molar-refractivity contribution in [2.24, 2.45) is 0 Å². The van der Waals surface area contributed by atoms with E-state index in [9.17, 15) is 20.4 Å². The fourth-order valence-electron chi connectivity index (χ4n) is 4.27. The summed E-state index contributed by atoms with van der Waals surface area (Å²) in [6.07, 6.45) is -5.93. The monoisotopic (exact) mass is 413 g/mol. The minimum atomic E-state index is -1.41. The van der Waals surface area contributed by atoms with Gasteiger partial charge in [-0.15, -0.1) is 0 Å². The van der Waals surface area contributed by atoms with E-state index in [1.54, 1.807) is 7.11 Å². The Bertz CT molecular complexity index is 1010. The van der Waals surface area contributed by atoms with Gasteiger partial charge in [-0.3, -0.25) is 0 Å². The standard InChI is InChI=1S/C23H27NO6/c1-13-19(23-22(28)21(27)20(26)18(12-25)30-23)16-5-3-4-6-17(16)24(13)11-14-7-9-15(29-2)10-8-14/h3-10,18,20-23,25-28H,11-12H2,1-2H3/t18-,20-,21+,22-,23+/m1/s1. The number of aliphatic hydroxyl groups excluding tert-OH is 4. The molecule has 5 atom stereocenters. The highest BCUT2D eigenvalue weighted by molar-refractivity contribution is 5.86. The number of methoxy groups -OCH3 is 1. The molecule has 1 aliphatic heterocycles. The van der Waals surface area contributed by atoms with Crippen LogP contribution in [0.5, 0.6) is 5.75 Å². The summed E-state index contributed by atoms with van der Waals surface area (Å²) in [5, 5.41) is 41.5. The summed E-state index contributed by atoms with van der Waals surface area (Å²) in [4.78, 5) is 0. The molecule has 4 N–H and O–H groups in total. The number of aliphatic hydroxyl groups is 4. The zero-order valence-corrected chi connectivity index (χ0v) is 17.0. The molecule has 1 fully saturated rings. The first-order chi connectivity index (χ1) is 14.5. The average molecular weight is 413 g/mol. The van der Waals surface area contributed by atoms with Gasteiger partial charge in [0.15, 0.2) is 0 Å². The number of ether oxygens (including phenoxy) is 2. The van der Waals surface area contributed by atoms with Gasteiger partial charge in [-0.05, 0) is 30.7 Å². The molecule has 0 saturated carbocycles. The van der Waals surface area contributed by atoms with Crippen molar-refractivity contribution in [3.05, 3.63) is 65.4 Å². The van der Waals surface area contributed by atoms with Crippen LogP contribution in [0.1, 0.15) is 22.9 Å². The second-order valence-corrected chi connectivity index (χ2v) is 7.70. The summed E-state index contributed by atoms with van der Waals surface area (Å²) in [5.41, 5.74) is 3.69. The van der Waals surface area contributed by atoms with Crippen molar-refractivity contribution in [3.63, 3.8) is 0 Å². The molecule has 7 nitrogen and oxygen atoms in total. The summed E-state index contributed by atoms with van der Waals surface area (Å²) in [6, 6.07) is 15.6. The molecule has 30 heavy (non-hydrogen) atoms. The van der Waals surface area contributed by atoms with Crippen LogP contribution in [-0.4, -0.2) is 63.1 Å². The van der Waals surface area contributed by atoms with Gasteiger partial charge in [0, 0.05) is 28.7 Å². The molecular formula is C23H27NO6. The predicted octanol–water partition coefficient (Wildman–Crippen LogP) is 1.52. The lowest BCUT2D eigenvalue weighted by Gasteiger charge is -2.40. The quantitative estimate of drug-likeness (QED) is 0.506. The molecule has 7 heteroatoms. The SMILES string of the molecule is COc1ccc(Cn2c(C)c([C@@H]3O[C@H](CO)[C@@H](O)[C@H](O)[C@H]3O)c3ccccc32)cc1. The van der Waals surface area contributed by atoms with Crippen molar-refractivity contribution in [3.8, 4) is 5.75 Å². The number of hydrogen-bond donors (Lipinski definition) is 4. The molecule has 1 aromatic heterocycles. The second kappa shape index (κ2) is 8.37. The molecule has 1 saturated heterocycles. The molecule has 4 rings (SSSR count). The number of benzene rings is 2. The highest BCUT2D eigenvalue weighted by Crippen LogP contribution is 2.39. The maximum atomic E-state index is 10.7. The third-order valence-corrected chi connectivity index (χ3v) is 5.96. The Morgan fingerprint density at radius 3 is 2.33 bits per heavy atom. The fraction of sp³-hybridized carbons (Fsp3) is 0.391. The van der Waals surface area contributed by atoms with Gasteiger partial charge in [0.2, 0.25) is 0 Å². The molecular weight excluding hydrogens is 386 g/mol. The second-order valence-electron chi connectivity index (χ2n) is 7.70. The molecule has 0 aliphatic carbocycles. The van der Waals surface area contributed by atoms with Crippen LogP contribution in [0.2, 0.25) is 0 Å². The average Bonchev–Trinajstić information content (AvgIpc) is 3.04.